The maximum atomic E-state index is 5.94. The zero-order chi connectivity index (χ0) is 14.3. The average molecular weight is 336 g/mol. The first-order valence-electron chi connectivity index (χ1n) is 6.84. The van der Waals surface area contributed by atoms with Crippen LogP contribution in [0.25, 0.3) is 11.4 Å². The molecule has 20 heavy (non-hydrogen) atoms. The van der Waals surface area contributed by atoms with Crippen LogP contribution in [-0.4, -0.2) is 20.2 Å². The van der Waals surface area contributed by atoms with Crippen LogP contribution >= 0.6 is 15.9 Å². The predicted octanol–water partition coefficient (Wildman–Crippen LogP) is 3.12. The molecule has 0 bridgehead atoms. The molecule has 2 aromatic rings. The summed E-state index contributed by atoms with van der Waals surface area (Å²) in [4.78, 5) is 0. The van der Waals surface area contributed by atoms with E-state index in [1.54, 1.807) is 0 Å². The highest BCUT2D eigenvalue weighted by molar-refractivity contribution is 9.10. The summed E-state index contributed by atoms with van der Waals surface area (Å²) in [6.45, 7) is 5.41. The standard InChI is InChI=1S/C14H18BrN5/c1-9(2)14(6-7-14)8-20-13(17-18-19-20)10-4-3-5-11(16)12(10)15/h3-5,9H,6-8,16H2,1-2H3. The zero-order valence-corrected chi connectivity index (χ0v) is 13.3. The largest absolute Gasteiger partial charge is 0.398 e. The van der Waals surface area contributed by atoms with E-state index in [1.165, 1.54) is 12.8 Å². The van der Waals surface area contributed by atoms with Crippen molar-refractivity contribution in [1.82, 2.24) is 20.2 Å². The lowest BCUT2D eigenvalue weighted by molar-refractivity contribution is 0.294. The molecule has 6 heteroatoms. The molecule has 1 fully saturated rings. The topological polar surface area (TPSA) is 69.6 Å². The van der Waals surface area contributed by atoms with Gasteiger partial charge in [-0.25, -0.2) is 4.68 Å². The minimum atomic E-state index is 0.358. The van der Waals surface area contributed by atoms with Gasteiger partial charge in [-0.2, -0.15) is 0 Å². The highest BCUT2D eigenvalue weighted by Crippen LogP contribution is 2.53. The van der Waals surface area contributed by atoms with E-state index >= 15 is 0 Å². The number of nitrogens with zero attached hydrogens (tertiary/aromatic N) is 4. The normalized spacial score (nSPS) is 16.6. The maximum Gasteiger partial charge on any atom is 0.183 e. The SMILES string of the molecule is CC(C)C1(Cn2nnnc2-c2cccc(N)c2Br)CC1. The van der Waals surface area contributed by atoms with E-state index in [4.69, 9.17) is 5.73 Å². The highest BCUT2D eigenvalue weighted by Gasteiger charge is 2.46. The number of benzene rings is 1. The van der Waals surface area contributed by atoms with Crippen LogP contribution in [0.2, 0.25) is 0 Å². The molecule has 1 aromatic carbocycles. The summed E-state index contributed by atoms with van der Waals surface area (Å²) in [5.74, 6) is 1.42. The molecule has 0 aliphatic heterocycles. The molecule has 1 saturated carbocycles. The summed E-state index contributed by atoms with van der Waals surface area (Å²) < 4.78 is 2.76. The summed E-state index contributed by atoms with van der Waals surface area (Å²) in [5, 5.41) is 12.2. The Labute approximate surface area is 126 Å². The second kappa shape index (κ2) is 4.84. The Morgan fingerprint density at radius 1 is 1.40 bits per heavy atom. The van der Waals surface area contributed by atoms with Gasteiger partial charge >= 0.3 is 0 Å². The second-order valence-electron chi connectivity index (χ2n) is 5.89. The molecule has 0 radical (unpaired) electrons. The van der Waals surface area contributed by atoms with Gasteiger partial charge in [-0.15, -0.1) is 5.10 Å². The molecule has 5 nitrogen and oxygen atoms in total. The fourth-order valence-electron chi connectivity index (χ4n) is 2.60. The molecule has 1 heterocycles. The van der Waals surface area contributed by atoms with Crippen molar-refractivity contribution in [3.63, 3.8) is 0 Å². The van der Waals surface area contributed by atoms with E-state index in [0.717, 1.165) is 22.4 Å². The molecule has 1 aliphatic rings. The summed E-state index contributed by atoms with van der Waals surface area (Å²) in [7, 11) is 0. The molecule has 3 rings (SSSR count). The number of nitrogens with two attached hydrogens (primary N) is 1. The van der Waals surface area contributed by atoms with Crippen LogP contribution in [0.1, 0.15) is 26.7 Å². The lowest BCUT2D eigenvalue weighted by Gasteiger charge is -2.19. The van der Waals surface area contributed by atoms with Crippen LogP contribution in [0.4, 0.5) is 5.69 Å². The summed E-state index contributed by atoms with van der Waals surface area (Å²) >= 11 is 3.53. The third-order valence-electron chi connectivity index (χ3n) is 4.38. The molecule has 0 saturated heterocycles. The van der Waals surface area contributed by atoms with Gasteiger partial charge in [0.25, 0.3) is 0 Å². The van der Waals surface area contributed by atoms with E-state index in [1.807, 2.05) is 22.9 Å². The third kappa shape index (κ3) is 2.22. The van der Waals surface area contributed by atoms with Gasteiger partial charge in [0.05, 0.1) is 11.0 Å². The fourth-order valence-corrected chi connectivity index (χ4v) is 3.05. The van der Waals surface area contributed by atoms with Gasteiger partial charge in [0, 0.05) is 11.3 Å². The first-order valence-corrected chi connectivity index (χ1v) is 7.63. The Morgan fingerprint density at radius 3 is 2.80 bits per heavy atom. The van der Waals surface area contributed by atoms with E-state index in [0.29, 0.717) is 17.0 Å². The van der Waals surface area contributed by atoms with Crippen LogP contribution < -0.4 is 5.73 Å². The predicted molar refractivity (Wildman–Crippen MR) is 81.9 cm³/mol. The van der Waals surface area contributed by atoms with Gasteiger partial charge in [0.15, 0.2) is 5.82 Å². The Bertz CT molecular complexity index is 630. The molecule has 0 unspecified atom stereocenters. The van der Waals surface area contributed by atoms with Crippen molar-refractivity contribution in [2.45, 2.75) is 33.2 Å². The van der Waals surface area contributed by atoms with E-state index in [2.05, 4.69) is 45.3 Å². The average Bonchev–Trinajstić information content (AvgIpc) is 3.06. The van der Waals surface area contributed by atoms with E-state index < -0.39 is 0 Å². The quantitative estimate of drug-likeness (QED) is 0.871. The van der Waals surface area contributed by atoms with Crippen molar-refractivity contribution in [3.05, 3.63) is 22.7 Å². The lowest BCUT2D eigenvalue weighted by atomic mass is 9.92. The molecule has 1 aliphatic carbocycles. The van der Waals surface area contributed by atoms with Crippen molar-refractivity contribution in [2.24, 2.45) is 11.3 Å². The Kier molecular flexibility index (Phi) is 3.28. The highest BCUT2D eigenvalue weighted by atomic mass is 79.9. The van der Waals surface area contributed by atoms with Gasteiger partial charge in [-0.05, 0) is 62.7 Å². The molecule has 0 spiro atoms. The van der Waals surface area contributed by atoms with Crippen molar-refractivity contribution >= 4 is 21.6 Å². The third-order valence-corrected chi connectivity index (χ3v) is 5.27. The molecule has 0 amide bonds. The maximum absolute atomic E-state index is 5.94. The number of nitrogen functional groups attached to an aromatic ring is 1. The number of hydrogen-bond donors (Lipinski definition) is 1. The van der Waals surface area contributed by atoms with Crippen LogP contribution in [0.15, 0.2) is 22.7 Å². The Hall–Kier alpha value is -1.43. The Morgan fingerprint density at radius 2 is 2.15 bits per heavy atom. The zero-order valence-electron chi connectivity index (χ0n) is 11.7. The summed E-state index contributed by atoms with van der Waals surface area (Å²) in [6, 6.07) is 5.76. The van der Waals surface area contributed by atoms with Gasteiger partial charge in [0.2, 0.25) is 0 Å². The molecule has 2 N–H and O–H groups in total. The minimum Gasteiger partial charge on any atom is -0.398 e. The van der Waals surface area contributed by atoms with Crippen molar-refractivity contribution < 1.29 is 0 Å². The van der Waals surface area contributed by atoms with Gasteiger partial charge < -0.3 is 5.73 Å². The molecular weight excluding hydrogens is 318 g/mol. The van der Waals surface area contributed by atoms with Crippen molar-refractivity contribution in [1.29, 1.82) is 0 Å². The molecular formula is C14H18BrN5. The first-order chi connectivity index (χ1) is 9.53. The van der Waals surface area contributed by atoms with Gasteiger partial charge in [0.1, 0.15) is 0 Å². The minimum absolute atomic E-state index is 0.358. The van der Waals surface area contributed by atoms with Crippen LogP contribution in [0.5, 0.6) is 0 Å². The van der Waals surface area contributed by atoms with Crippen molar-refractivity contribution in [3.8, 4) is 11.4 Å². The van der Waals surface area contributed by atoms with E-state index in [-0.39, 0.29) is 0 Å². The number of anilines is 1. The fraction of sp³-hybridized carbons (Fsp3) is 0.500. The first kappa shape index (κ1) is 13.5. The number of hydrogen-bond acceptors (Lipinski definition) is 4. The number of halogens is 1. The number of tetrazole rings is 1. The number of rotatable bonds is 4. The summed E-state index contributed by atoms with van der Waals surface area (Å²) in [6.07, 6.45) is 2.50. The van der Waals surface area contributed by atoms with Crippen LogP contribution in [-0.2, 0) is 6.54 Å². The molecule has 1 aromatic heterocycles. The van der Waals surface area contributed by atoms with Gasteiger partial charge in [-0.3, -0.25) is 0 Å². The summed E-state index contributed by atoms with van der Waals surface area (Å²) in [5.41, 5.74) is 7.93. The molecule has 106 valence electrons. The number of aromatic nitrogens is 4. The Balaban J connectivity index is 1.97. The van der Waals surface area contributed by atoms with Crippen LogP contribution in [0, 0.1) is 11.3 Å². The van der Waals surface area contributed by atoms with E-state index in [9.17, 15) is 0 Å². The lowest BCUT2D eigenvalue weighted by Crippen LogP contribution is -2.19. The van der Waals surface area contributed by atoms with Gasteiger partial charge in [-0.1, -0.05) is 19.9 Å². The monoisotopic (exact) mass is 335 g/mol. The van der Waals surface area contributed by atoms with Crippen molar-refractivity contribution in [2.75, 3.05) is 5.73 Å². The second-order valence-corrected chi connectivity index (χ2v) is 6.68. The van der Waals surface area contributed by atoms with Crippen LogP contribution in [0.3, 0.4) is 0 Å². The molecule has 0 atom stereocenters. The smallest absolute Gasteiger partial charge is 0.183 e.